The van der Waals surface area contributed by atoms with E-state index in [0.717, 1.165) is 12.0 Å². The van der Waals surface area contributed by atoms with E-state index in [9.17, 15) is 9.90 Å². The second kappa shape index (κ2) is 4.65. The van der Waals surface area contributed by atoms with Crippen LogP contribution in [0.3, 0.4) is 0 Å². The van der Waals surface area contributed by atoms with Crippen molar-refractivity contribution < 1.29 is 14.3 Å². The Balaban J connectivity index is 2.50. The van der Waals surface area contributed by atoms with Crippen molar-refractivity contribution in [2.24, 2.45) is 5.41 Å². The Kier molecular flexibility index (Phi) is 3.41. The van der Waals surface area contributed by atoms with Gasteiger partial charge in [0.05, 0.1) is 0 Å². The lowest BCUT2D eigenvalue weighted by Gasteiger charge is -2.33. The highest BCUT2D eigenvalue weighted by Gasteiger charge is 2.28. The third-order valence-electron chi connectivity index (χ3n) is 3.56. The van der Waals surface area contributed by atoms with Gasteiger partial charge < -0.3 is 9.52 Å². The Bertz CT molecular complexity index is 642. The van der Waals surface area contributed by atoms with E-state index >= 15 is 0 Å². The van der Waals surface area contributed by atoms with Crippen molar-refractivity contribution >= 4 is 16.9 Å². The molecule has 0 saturated carbocycles. The molecule has 1 heterocycles. The maximum Gasteiger partial charge on any atom is 0.339 e. The Labute approximate surface area is 119 Å². The van der Waals surface area contributed by atoms with Crippen LogP contribution in [-0.4, -0.2) is 11.1 Å². The van der Waals surface area contributed by atoms with Gasteiger partial charge in [0.1, 0.15) is 17.4 Å². The van der Waals surface area contributed by atoms with Crippen molar-refractivity contribution in [3.63, 3.8) is 0 Å². The van der Waals surface area contributed by atoms with Crippen LogP contribution in [0.25, 0.3) is 11.0 Å². The fraction of sp³-hybridized carbons (Fsp3) is 0.471. The summed E-state index contributed by atoms with van der Waals surface area (Å²) >= 11 is 0. The summed E-state index contributed by atoms with van der Waals surface area (Å²) < 4.78 is 5.30. The molecule has 0 saturated heterocycles. The molecule has 0 aliphatic carbocycles. The van der Waals surface area contributed by atoms with E-state index in [1.54, 1.807) is 0 Å². The first kappa shape index (κ1) is 14.6. The van der Waals surface area contributed by atoms with Crippen molar-refractivity contribution in [2.75, 3.05) is 0 Å². The average molecular weight is 274 g/mol. The molecule has 0 unspecified atom stereocenters. The molecule has 0 fully saturated rings. The Morgan fingerprint density at radius 3 is 2.40 bits per heavy atom. The monoisotopic (exact) mass is 274 g/mol. The van der Waals surface area contributed by atoms with Crippen LogP contribution in [-0.2, 0) is 5.41 Å². The summed E-state index contributed by atoms with van der Waals surface area (Å²) in [5, 5.41) is 9.87. The van der Waals surface area contributed by atoms with E-state index in [1.807, 2.05) is 18.2 Å². The second-order valence-electron chi connectivity index (χ2n) is 7.29. The highest BCUT2D eigenvalue weighted by Crippen LogP contribution is 2.37. The maximum atomic E-state index is 11.2. The van der Waals surface area contributed by atoms with Crippen LogP contribution in [0, 0.1) is 5.41 Å². The minimum atomic E-state index is -0.950. The van der Waals surface area contributed by atoms with Gasteiger partial charge >= 0.3 is 5.97 Å². The zero-order chi connectivity index (χ0) is 15.1. The van der Waals surface area contributed by atoms with E-state index in [0.29, 0.717) is 11.0 Å². The molecule has 1 aromatic carbocycles. The minimum absolute atomic E-state index is 0.0144. The molecule has 3 heteroatoms. The Hall–Kier alpha value is -1.77. The quantitative estimate of drug-likeness (QED) is 0.870. The summed E-state index contributed by atoms with van der Waals surface area (Å²) in [4.78, 5) is 11.2. The predicted molar refractivity (Wildman–Crippen MR) is 80.3 cm³/mol. The summed E-state index contributed by atoms with van der Waals surface area (Å²) in [6.45, 7) is 11.0. The van der Waals surface area contributed by atoms with Crippen LogP contribution >= 0.6 is 0 Å². The normalized spacial score (nSPS) is 12.8. The Morgan fingerprint density at radius 1 is 1.20 bits per heavy atom. The molecule has 0 aliphatic rings. The number of hydrogen-bond acceptors (Lipinski definition) is 2. The fourth-order valence-corrected chi connectivity index (χ4v) is 3.04. The average Bonchev–Trinajstić information content (AvgIpc) is 2.67. The molecule has 1 N–H and O–H groups in total. The number of aromatic carboxylic acids is 1. The van der Waals surface area contributed by atoms with E-state index in [4.69, 9.17) is 4.42 Å². The number of carbonyl (C=O) groups is 1. The largest absolute Gasteiger partial charge is 0.478 e. The van der Waals surface area contributed by atoms with Gasteiger partial charge in [-0.1, -0.05) is 40.7 Å². The lowest BCUT2D eigenvalue weighted by molar-refractivity contribution is 0.0698. The van der Waals surface area contributed by atoms with Crippen molar-refractivity contribution in [3.05, 3.63) is 35.6 Å². The second-order valence-corrected chi connectivity index (χ2v) is 7.29. The third-order valence-corrected chi connectivity index (χ3v) is 3.56. The fourth-order valence-electron chi connectivity index (χ4n) is 3.04. The van der Waals surface area contributed by atoms with E-state index in [-0.39, 0.29) is 16.4 Å². The molecule has 1 aromatic heterocycles. The van der Waals surface area contributed by atoms with Gasteiger partial charge in [-0.05, 0) is 34.9 Å². The number of carboxylic acids is 1. The molecule has 0 aliphatic heterocycles. The van der Waals surface area contributed by atoms with Crippen LogP contribution in [0.4, 0.5) is 0 Å². The summed E-state index contributed by atoms with van der Waals surface area (Å²) in [5.74, 6) is -0.950. The van der Waals surface area contributed by atoms with Crippen LogP contribution in [0.2, 0.25) is 0 Å². The Morgan fingerprint density at radius 2 is 1.85 bits per heavy atom. The highest BCUT2D eigenvalue weighted by molar-refractivity contribution is 6.02. The summed E-state index contributed by atoms with van der Waals surface area (Å²) in [6, 6.07) is 5.85. The molecule has 0 spiro atoms. The number of hydrogen-bond donors (Lipinski definition) is 1. The van der Waals surface area contributed by atoms with Crippen LogP contribution in [0.15, 0.2) is 28.9 Å². The van der Waals surface area contributed by atoms with Gasteiger partial charge in [-0.25, -0.2) is 4.79 Å². The van der Waals surface area contributed by atoms with Gasteiger partial charge in [-0.3, -0.25) is 0 Å². The van der Waals surface area contributed by atoms with Gasteiger partial charge in [0, 0.05) is 5.39 Å². The number of fused-ring (bicyclic) bond motifs is 1. The number of benzene rings is 1. The topological polar surface area (TPSA) is 50.4 Å². The maximum absolute atomic E-state index is 11.2. The first-order valence-electron chi connectivity index (χ1n) is 6.85. The summed E-state index contributed by atoms with van der Waals surface area (Å²) in [7, 11) is 0. The smallest absolute Gasteiger partial charge is 0.339 e. The van der Waals surface area contributed by atoms with Gasteiger partial charge in [0.25, 0.3) is 0 Å². The van der Waals surface area contributed by atoms with Crippen molar-refractivity contribution in [1.29, 1.82) is 0 Å². The molecular formula is C17H22O3. The zero-order valence-corrected chi connectivity index (χ0v) is 12.8. The van der Waals surface area contributed by atoms with E-state index in [2.05, 4.69) is 34.6 Å². The SMILES string of the molecule is CC(C)(C)CC(C)(C)c1ccc2occ(C(=O)O)c2c1. The highest BCUT2D eigenvalue weighted by atomic mass is 16.4. The molecular weight excluding hydrogens is 252 g/mol. The summed E-state index contributed by atoms with van der Waals surface area (Å²) in [5.41, 5.74) is 2.19. The zero-order valence-electron chi connectivity index (χ0n) is 12.8. The standard InChI is InChI=1S/C17H22O3/c1-16(2,3)10-17(4,5)11-6-7-14-12(8-11)13(9-20-14)15(18)19/h6-9H,10H2,1-5H3,(H,18,19). The van der Waals surface area contributed by atoms with Crippen molar-refractivity contribution in [2.45, 2.75) is 46.5 Å². The number of furan rings is 1. The summed E-state index contributed by atoms with van der Waals surface area (Å²) in [6.07, 6.45) is 2.33. The van der Waals surface area contributed by atoms with Gasteiger partial charge in [0.15, 0.2) is 0 Å². The van der Waals surface area contributed by atoms with Crippen molar-refractivity contribution in [3.8, 4) is 0 Å². The van der Waals surface area contributed by atoms with Gasteiger partial charge in [-0.2, -0.15) is 0 Å². The lowest BCUT2D eigenvalue weighted by atomic mass is 9.72. The van der Waals surface area contributed by atoms with E-state index in [1.165, 1.54) is 6.26 Å². The molecule has 2 aromatic rings. The van der Waals surface area contributed by atoms with E-state index < -0.39 is 5.97 Å². The molecule has 0 bridgehead atoms. The van der Waals surface area contributed by atoms with Gasteiger partial charge in [-0.15, -0.1) is 0 Å². The minimum Gasteiger partial charge on any atom is -0.478 e. The number of rotatable bonds is 3. The first-order valence-corrected chi connectivity index (χ1v) is 6.85. The van der Waals surface area contributed by atoms with Gasteiger partial charge in [0.2, 0.25) is 0 Å². The number of carboxylic acid groups (broad SMARTS) is 1. The van der Waals surface area contributed by atoms with Crippen LogP contribution < -0.4 is 0 Å². The molecule has 3 nitrogen and oxygen atoms in total. The molecule has 0 radical (unpaired) electrons. The van der Waals surface area contributed by atoms with Crippen LogP contribution in [0.1, 0.15) is 57.0 Å². The van der Waals surface area contributed by atoms with Crippen LogP contribution in [0.5, 0.6) is 0 Å². The molecule has 2 rings (SSSR count). The lowest BCUT2D eigenvalue weighted by Crippen LogP contribution is -2.24. The molecule has 20 heavy (non-hydrogen) atoms. The molecule has 0 atom stereocenters. The first-order chi connectivity index (χ1) is 9.10. The predicted octanol–water partition coefficient (Wildman–Crippen LogP) is 4.84. The third kappa shape index (κ3) is 2.87. The van der Waals surface area contributed by atoms with Crippen molar-refractivity contribution in [1.82, 2.24) is 0 Å². The molecule has 0 amide bonds. The molecule has 108 valence electrons.